The number of aliphatic carboxylic acids is 1. The molecule has 3 atom stereocenters. The van der Waals surface area contributed by atoms with Crippen LogP contribution in [0.4, 0.5) is 4.39 Å². The molecule has 2 aliphatic rings. The molecule has 1 aromatic rings. The topological polar surface area (TPSA) is 57.6 Å². The van der Waals surface area contributed by atoms with Gasteiger partial charge in [-0.3, -0.25) is 9.69 Å². The number of hydrogen-bond donors (Lipinski definition) is 1. The van der Waals surface area contributed by atoms with Gasteiger partial charge in [-0.1, -0.05) is 31.4 Å². The second-order valence-electron chi connectivity index (χ2n) is 6.80. The number of nitrogens with zero attached hydrogens (tertiary/aromatic N) is 1. The van der Waals surface area contributed by atoms with E-state index in [1.807, 2.05) is 11.0 Å². The van der Waals surface area contributed by atoms with E-state index < -0.39 is 12.0 Å². The van der Waals surface area contributed by atoms with Crippen LogP contribution >= 0.6 is 0 Å². The first kappa shape index (κ1) is 16.1. The summed E-state index contributed by atoms with van der Waals surface area (Å²) in [7, 11) is 0. The van der Waals surface area contributed by atoms with Gasteiger partial charge in [-0.25, -0.2) is 4.39 Å². The van der Waals surface area contributed by atoms with E-state index in [0.29, 0.717) is 25.4 Å². The standard InChI is InChI=1S/C18H22FNO3/c19-15-6-2-5-13(8-15)16-10-20(9-14(16)11-21)17(18(22)23)7-12-3-1-4-12/h2,5-6,8,11-12,14,16-17H,1,3-4,7,9-10H2,(H,22,23)/t14-,16-,17-/m1/s1. The average Bonchev–Trinajstić information content (AvgIpc) is 2.89. The summed E-state index contributed by atoms with van der Waals surface area (Å²) in [6, 6.07) is 5.74. The lowest BCUT2D eigenvalue weighted by Gasteiger charge is -2.32. The zero-order chi connectivity index (χ0) is 16.4. The lowest BCUT2D eigenvalue weighted by Crippen LogP contribution is -2.42. The van der Waals surface area contributed by atoms with Crippen molar-refractivity contribution in [3.05, 3.63) is 35.6 Å². The lowest BCUT2D eigenvalue weighted by atomic mass is 9.80. The molecule has 0 spiro atoms. The first-order valence-electron chi connectivity index (χ1n) is 8.26. The normalized spacial score (nSPS) is 26.7. The summed E-state index contributed by atoms with van der Waals surface area (Å²) in [6.45, 7) is 0.935. The Morgan fingerprint density at radius 3 is 2.74 bits per heavy atom. The number of carbonyl (C=O) groups excluding carboxylic acids is 1. The Hall–Kier alpha value is -1.75. The smallest absolute Gasteiger partial charge is 0.320 e. The van der Waals surface area contributed by atoms with Crippen LogP contribution in [0.25, 0.3) is 0 Å². The Balaban J connectivity index is 1.76. The van der Waals surface area contributed by atoms with Crippen molar-refractivity contribution in [2.45, 2.75) is 37.6 Å². The molecule has 1 N–H and O–H groups in total. The third-order valence-corrected chi connectivity index (χ3v) is 5.35. The van der Waals surface area contributed by atoms with Gasteiger partial charge in [0, 0.05) is 24.9 Å². The van der Waals surface area contributed by atoms with Crippen LogP contribution < -0.4 is 0 Å². The molecule has 1 aromatic carbocycles. The van der Waals surface area contributed by atoms with Crippen molar-refractivity contribution in [1.29, 1.82) is 0 Å². The van der Waals surface area contributed by atoms with Crippen LogP contribution in [0, 0.1) is 17.7 Å². The van der Waals surface area contributed by atoms with Gasteiger partial charge in [0.25, 0.3) is 0 Å². The third kappa shape index (κ3) is 3.44. The van der Waals surface area contributed by atoms with E-state index in [4.69, 9.17) is 0 Å². The number of halogens is 1. The highest BCUT2D eigenvalue weighted by Gasteiger charge is 2.40. The number of benzene rings is 1. The minimum Gasteiger partial charge on any atom is -0.480 e. The largest absolute Gasteiger partial charge is 0.480 e. The van der Waals surface area contributed by atoms with Crippen LogP contribution in [0.1, 0.15) is 37.2 Å². The quantitative estimate of drug-likeness (QED) is 0.819. The van der Waals surface area contributed by atoms with Crippen molar-refractivity contribution in [2.75, 3.05) is 13.1 Å². The molecule has 0 unspecified atom stereocenters. The van der Waals surface area contributed by atoms with Gasteiger partial charge in [-0.2, -0.15) is 0 Å². The number of likely N-dealkylation sites (tertiary alicyclic amines) is 1. The molecular weight excluding hydrogens is 297 g/mol. The summed E-state index contributed by atoms with van der Waals surface area (Å²) in [4.78, 5) is 25.0. The molecular formula is C18H22FNO3. The highest BCUT2D eigenvalue weighted by molar-refractivity contribution is 5.74. The fourth-order valence-electron chi connectivity index (χ4n) is 3.79. The van der Waals surface area contributed by atoms with Crippen molar-refractivity contribution in [1.82, 2.24) is 4.90 Å². The Morgan fingerprint density at radius 2 is 2.17 bits per heavy atom. The summed E-state index contributed by atoms with van der Waals surface area (Å²) in [5.74, 6) is -1.07. The number of carboxylic acids is 1. The number of carboxylic acid groups (broad SMARTS) is 1. The number of rotatable bonds is 6. The molecule has 4 nitrogen and oxygen atoms in total. The summed E-state index contributed by atoms with van der Waals surface area (Å²) >= 11 is 0. The van der Waals surface area contributed by atoms with Gasteiger partial charge >= 0.3 is 5.97 Å². The highest BCUT2D eigenvalue weighted by Crippen LogP contribution is 2.37. The van der Waals surface area contributed by atoms with Crippen molar-refractivity contribution in [2.24, 2.45) is 11.8 Å². The van der Waals surface area contributed by atoms with Crippen molar-refractivity contribution in [3.63, 3.8) is 0 Å². The molecule has 5 heteroatoms. The van der Waals surface area contributed by atoms with Crippen LogP contribution in [0.2, 0.25) is 0 Å². The van der Waals surface area contributed by atoms with Gasteiger partial charge in [0.2, 0.25) is 0 Å². The van der Waals surface area contributed by atoms with Gasteiger partial charge in [0.05, 0.1) is 0 Å². The summed E-state index contributed by atoms with van der Waals surface area (Å²) in [5.41, 5.74) is 0.775. The molecule has 1 heterocycles. The molecule has 1 saturated carbocycles. The summed E-state index contributed by atoms with van der Waals surface area (Å²) in [5, 5.41) is 9.57. The maximum atomic E-state index is 13.5. The minimum absolute atomic E-state index is 0.133. The Labute approximate surface area is 135 Å². The van der Waals surface area contributed by atoms with Crippen molar-refractivity contribution >= 4 is 12.3 Å². The molecule has 2 fully saturated rings. The monoisotopic (exact) mass is 319 g/mol. The molecule has 0 aromatic heterocycles. The number of carbonyl (C=O) groups is 2. The van der Waals surface area contributed by atoms with Crippen molar-refractivity contribution in [3.8, 4) is 0 Å². The van der Waals surface area contributed by atoms with E-state index in [9.17, 15) is 19.1 Å². The number of aldehydes is 1. The molecule has 1 saturated heterocycles. The van der Waals surface area contributed by atoms with Gasteiger partial charge < -0.3 is 9.90 Å². The highest BCUT2D eigenvalue weighted by atomic mass is 19.1. The van der Waals surface area contributed by atoms with Crippen LogP contribution in [0.15, 0.2) is 24.3 Å². The molecule has 23 heavy (non-hydrogen) atoms. The maximum absolute atomic E-state index is 13.5. The maximum Gasteiger partial charge on any atom is 0.320 e. The van der Waals surface area contributed by atoms with E-state index in [-0.39, 0.29) is 17.7 Å². The second-order valence-corrected chi connectivity index (χ2v) is 6.80. The van der Waals surface area contributed by atoms with Crippen LogP contribution in [0.5, 0.6) is 0 Å². The predicted molar refractivity (Wildman–Crippen MR) is 83.6 cm³/mol. The van der Waals surface area contributed by atoms with Crippen LogP contribution in [0.3, 0.4) is 0 Å². The summed E-state index contributed by atoms with van der Waals surface area (Å²) in [6.07, 6.45) is 4.92. The first-order valence-corrected chi connectivity index (χ1v) is 8.26. The molecule has 0 amide bonds. The predicted octanol–water partition coefficient (Wildman–Crippen LogP) is 2.68. The van der Waals surface area contributed by atoms with Crippen molar-refractivity contribution < 1.29 is 19.1 Å². The SMILES string of the molecule is O=C[C@H]1CN([C@H](CC2CCC2)C(=O)O)C[C@@H]1c1cccc(F)c1. The molecule has 0 bridgehead atoms. The van der Waals surface area contributed by atoms with Crippen LogP contribution in [-0.2, 0) is 9.59 Å². The zero-order valence-electron chi connectivity index (χ0n) is 13.0. The van der Waals surface area contributed by atoms with E-state index in [0.717, 1.165) is 24.7 Å². The second kappa shape index (κ2) is 6.79. The van der Waals surface area contributed by atoms with Gasteiger partial charge in [0.15, 0.2) is 0 Å². The van der Waals surface area contributed by atoms with E-state index >= 15 is 0 Å². The van der Waals surface area contributed by atoms with Crippen LogP contribution in [-0.4, -0.2) is 41.4 Å². The Kier molecular flexibility index (Phi) is 4.76. The minimum atomic E-state index is -0.818. The number of hydrogen-bond acceptors (Lipinski definition) is 3. The van der Waals surface area contributed by atoms with Gasteiger partial charge in [-0.05, 0) is 30.0 Å². The Bertz CT molecular complexity index is 587. The van der Waals surface area contributed by atoms with E-state index in [1.165, 1.54) is 18.6 Å². The molecule has 3 rings (SSSR count). The lowest BCUT2D eigenvalue weighted by molar-refractivity contribution is -0.144. The Morgan fingerprint density at radius 1 is 1.39 bits per heavy atom. The zero-order valence-corrected chi connectivity index (χ0v) is 13.0. The summed E-state index contributed by atoms with van der Waals surface area (Å²) < 4.78 is 13.5. The average molecular weight is 319 g/mol. The molecule has 0 radical (unpaired) electrons. The fraction of sp³-hybridized carbons (Fsp3) is 0.556. The molecule has 1 aliphatic heterocycles. The fourth-order valence-corrected chi connectivity index (χ4v) is 3.79. The van der Waals surface area contributed by atoms with Gasteiger partial charge in [0.1, 0.15) is 18.1 Å². The molecule has 124 valence electrons. The third-order valence-electron chi connectivity index (χ3n) is 5.35. The van der Waals surface area contributed by atoms with E-state index in [1.54, 1.807) is 6.07 Å². The molecule has 1 aliphatic carbocycles. The van der Waals surface area contributed by atoms with Gasteiger partial charge in [-0.15, -0.1) is 0 Å². The first-order chi connectivity index (χ1) is 11.1. The van der Waals surface area contributed by atoms with E-state index in [2.05, 4.69) is 0 Å².